The molecule has 1 fully saturated rings. The summed E-state index contributed by atoms with van der Waals surface area (Å²) in [7, 11) is 0. The number of halogens is 1. The fourth-order valence-corrected chi connectivity index (χ4v) is 6.54. The quantitative estimate of drug-likeness (QED) is 0.460. The monoisotopic (exact) mass is 508 g/mol. The van der Waals surface area contributed by atoms with Gasteiger partial charge in [0, 0.05) is 22.4 Å². The van der Waals surface area contributed by atoms with Crippen molar-refractivity contribution in [1.82, 2.24) is 0 Å². The highest BCUT2D eigenvalue weighted by atomic mass is 19.1. The number of nitrogens with one attached hydrogen (secondary N) is 1. The van der Waals surface area contributed by atoms with Gasteiger partial charge < -0.3 is 10.2 Å². The number of para-hydroxylation sites is 1. The summed E-state index contributed by atoms with van der Waals surface area (Å²) in [4.78, 5) is 45.1. The van der Waals surface area contributed by atoms with Gasteiger partial charge in [0.1, 0.15) is 17.3 Å². The Morgan fingerprint density at radius 1 is 1.00 bits per heavy atom. The number of fused-ring (bicyclic) bond motifs is 6. The molecule has 0 radical (unpaired) electrons. The van der Waals surface area contributed by atoms with Crippen molar-refractivity contribution in [3.05, 3.63) is 101 Å². The third-order valence-electron chi connectivity index (χ3n) is 8.21. The lowest BCUT2D eigenvalue weighted by Crippen LogP contribution is -2.51. The highest BCUT2D eigenvalue weighted by molar-refractivity contribution is 6.17. The number of anilines is 2. The Morgan fingerprint density at radius 2 is 1.71 bits per heavy atom. The van der Waals surface area contributed by atoms with E-state index in [0.717, 1.165) is 16.8 Å². The average Bonchev–Trinajstić information content (AvgIpc) is 3.35. The first-order valence-corrected chi connectivity index (χ1v) is 12.9. The topological polar surface area (TPSA) is 66.5 Å². The zero-order chi connectivity index (χ0) is 27.0. The normalized spacial score (nSPS) is 25.1. The van der Waals surface area contributed by atoms with Crippen LogP contribution in [-0.2, 0) is 15.0 Å². The maximum Gasteiger partial charge on any atom is 0.238 e. The van der Waals surface area contributed by atoms with Gasteiger partial charge in [-0.2, -0.15) is 0 Å². The Balaban J connectivity index is 1.68. The number of amides is 1. The molecule has 4 atom stereocenters. The largest absolute Gasteiger partial charge is 0.352 e. The van der Waals surface area contributed by atoms with Gasteiger partial charge in [-0.25, -0.2) is 4.39 Å². The van der Waals surface area contributed by atoms with Crippen molar-refractivity contribution in [2.24, 2.45) is 11.3 Å². The molecule has 3 heterocycles. The van der Waals surface area contributed by atoms with E-state index in [0.29, 0.717) is 11.3 Å². The molecule has 192 valence electrons. The van der Waals surface area contributed by atoms with Gasteiger partial charge in [-0.05, 0) is 60.5 Å². The maximum absolute atomic E-state index is 14.5. The van der Waals surface area contributed by atoms with Crippen molar-refractivity contribution in [2.45, 2.75) is 45.2 Å². The van der Waals surface area contributed by atoms with E-state index >= 15 is 0 Å². The van der Waals surface area contributed by atoms with Crippen LogP contribution in [0.15, 0.2) is 72.8 Å². The predicted molar refractivity (Wildman–Crippen MR) is 146 cm³/mol. The van der Waals surface area contributed by atoms with E-state index in [1.807, 2.05) is 87.2 Å². The Kier molecular flexibility index (Phi) is 5.25. The van der Waals surface area contributed by atoms with Gasteiger partial charge >= 0.3 is 0 Å². The minimum absolute atomic E-state index is 0.126. The van der Waals surface area contributed by atoms with Gasteiger partial charge in [-0.15, -0.1) is 0 Å². The molecule has 0 unspecified atom stereocenters. The zero-order valence-corrected chi connectivity index (χ0v) is 21.8. The molecular formula is C32H29FN2O3. The Labute approximate surface area is 221 Å². The van der Waals surface area contributed by atoms with Crippen LogP contribution in [0.2, 0.25) is 0 Å². The Hall–Kier alpha value is -4.06. The first-order valence-electron chi connectivity index (χ1n) is 12.9. The number of carbonyl (C=O) groups excluding carboxylic acids is 3. The molecule has 3 aromatic carbocycles. The third kappa shape index (κ3) is 3.25. The standard InChI is InChI=1S/C32H29FN2O3/c1-18-9-15-24-20(17-18)12-16-25-32(22-7-5-6-8-23(22)34-30(32)38)26(27(35(24)25)29(37)31(2,3)4)28(36)19-10-13-21(33)14-11-19/h5-17,25-27H,1-4H3,(H,34,38)/t25-,26+,27+,32-/m1/s1. The second kappa shape index (κ2) is 8.22. The first kappa shape index (κ1) is 24.3. The Bertz CT molecular complexity index is 1530. The van der Waals surface area contributed by atoms with E-state index in [9.17, 15) is 18.8 Å². The average molecular weight is 509 g/mol. The summed E-state index contributed by atoms with van der Waals surface area (Å²) in [5, 5.41) is 3.02. The van der Waals surface area contributed by atoms with Gasteiger partial charge in [0.15, 0.2) is 11.6 Å². The van der Waals surface area contributed by atoms with Crippen LogP contribution in [0.1, 0.15) is 47.8 Å². The molecule has 1 spiro atoms. The number of rotatable bonds is 3. The molecule has 0 aromatic heterocycles. The minimum Gasteiger partial charge on any atom is -0.352 e. The van der Waals surface area contributed by atoms with Crippen molar-refractivity contribution >= 4 is 34.9 Å². The van der Waals surface area contributed by atoms with Crippen LogP contribution in [0.25, 0.3) is 6.08 Å². The van der Waals surface area contributed by atoms with Gasteiger partial charge in [0.05, 0.1) is 12.0 Å². The summed E-state index contributed by atoms with van der Waals surface area (Å²) in [6.07, 6.45) is 3.95. The number of nitrogens with zero attached hydrogens (tertiary/aromatic N) is 1. The summed E-state index contributed by atoms with van der Waals surface area (Å²) in [6.45, 7) is 7.53. The van der Waals surface area contributed by atoms with E-state index in [-0.39, 0.29) is 23.0 Å². The van der Waals surface area contributed by atoms with Crippen molar-refractivity contribution in [3.63, 3.8) is 0 Å². The smallest absolute Gasteiger partial charge is 0.238 e. The molecule has 0 saturated carbocycles. The summed E-state index contributed by atoms with van der Waals surface area (Å²) in [5.41, 5.74) is 2.29. The summed E-state index contributed by atoms with van der Waals surface area (Å²) >= 11 is 0. The lowest BCUT2D eigenvalue weighted by molar-refractivity contribution is -0.128. The molecule has 3 aromatic rings. The molecule has 5 nitrogen and oxygen atoms in total. The van der Waals surface area contributed by atoms with E-state index in [1.165, 1.54) is 24.3 Å². The number of Topliss-reactive ketones (excluding diaryl/α,β-unsaturated/α-hetero) is 2. The third-order valence-corrected chi connectivity index (χ3v) is 8.21. The molecule has 0 bridgehead atoms. The minimum atomic E-state index is -1.35. The summed E-state index contributed by atoms with van der Waals surface area (Å²) in [5.74, 6) is -2.28. The molecule has 1 saturated heterocycles. The van der Waals surface area contributed by atoms with E-state index in [1.54, 1.807) is 0 Å². The number of ketones is 2. The molecule has 6 rings (SSSR count). The van der Waals surface area contributed by atoms with Crippen LogP contribution in [0.4, 0.5) is 15.8 Å². The van der Waals surface area contributed by atoms with Crippen LogP contribution in [0.5, 0.6) is 0 Å². The fourth-order valence-electron chi connectivity index (χ4n) is 6.54. The highest BCUT2D eigenvalue weighted by Gasteiger charge is 2.70. The van der Waals surface area contributed by atoms with Crippen LogP contribution in [0, 0.1) is 24.1 Å². The van der Waals surface area contributed by atoms with Gasteiger partial charge in [-0.1, -0.05) is 62.8 Å². The second-order valence-corrected chi connectivity index (χ2v) is 11.6. The van der Waals surface area contributed by atoms with Crippen LogP contribution in [0.3, 0.4) is 0 Å². The van der Waals surface area contributed by atoms with Crippen LogP contribution >= 0.6 is 0 Å². The zero-order valence-electron chi connectivity index (χ0n) is 21.8. The van der Waals surface area contributed by atoms with Crippen LogP contribution in [-0.4, -0.2) is 29.6 Å². The lowest BCUT2D eigenvalue weighted by atomic mass is 9.63. The van der Waals surface area contributed by atoms with Crippen molar-refractivity contribution < 1.29 is 18.8 Å². The van der Waals surface area contributed by atoms with Crippen molar-refractivity contribution in [3.8, 4) is 0 Å². The number of carbonyl (C=O) groups is 3. The lowest BCUT2D eigenvalue weighted by Gasteiger charge is -2.38. The molecule has 1 amide bonds. The molecule has 6 heteroatoms. The second-order valence-electron chi connectivity index (χ2n) is 11.6. The van der Waals surface area contributed by atoms with Gasteiger partial charge in [0.2, 0.25) is 5.91 Å². The van der Waals surface area contributed by atoms with E-state index in [2.05, 4.69) is 5.32 Å². The first-order chi connectivity index (χ1) is 18.0. The predicted octanol–water partition coefficient (Wildman–Crippen LogP) is 5.72. The summed E-state index contributed by atoms with van der Waals surface area (Å²) in [6, 6.07) is 17.3. The van der Waals surface area contributed by atoms with Crippen LogP contribution < -0.4 is 10.2 Å². The molecule has 3 aliphatic rings. The fraction of sp³-hybridized carbons (Fsp3) is 0.281. The maximum atomic E-state index is 14.5. The van der Waals surface area contributed by atoms with Crippen molar-refractivity contribution in [1.29, 1.82) is 0 Å². The van der Waals surface area contributed by atoms with Gasteiger partial charge in [0.25, 0.3) is 0 Å². The molecule has 0 aliphatic carbocycles. The molecule has 38 heavy (non-hydrogen) atoms. The Morgan fingerprint density at radius 3 is 2.42 bits per heavy atom. The van der Waals surface area contributed by atoms with Crippen molar-refractivity contribution in [2.75, 3.05) is 10.2 Å². The van der Waals surface area contributed by atoms with E-state index < -0.39 is 34.6 Å². The molecule has 1 N–H and O–H groups in total. The number of hydrogen-bond acceptors (Lipinski definition) is 4. The summed E-state index contributed by atoms with van der Waals surface area (Å²) < 4.78 is 13.8. The highest BCUT2D eigenvalue weighted by Crippen LogP contribution is 2.58. The SMILES string of the molecule is Cc1ccc2c(c1)C=C[C@H]1N2[C@H](C(=O)C(C)(C)C)[C@@H](C(=O)c2ccc(F)cc2)[C@]12C(=O)Nc1ccccc12. The number of hydrogen-bond donors (Lipinski definition) is 1. The number of benzene rings is 3. The molecular weight excluding hydrogens is 479 g/mol. The molecule has 3 aliphatic heterocycles. The van der Waals surface area contributed by atoms with E-state index in [4.69, 9.17) is 0 Å². The number of aryl methyl sites for hydroxylation is 1. The van der Waals surface area contributed by atoms with Gasteiger partial charge in [-0.3, -0.25) is 14.4 Å².